The molecule has 0 radical (unpaired) electrons. The van der Waals surface area contributed by atoms with E-state index in [0.717, 1.165) is 22.8 Å². The zero-order valence-electron chi connectivity index (χ0n) is 10.7. The molecular formula is C14H16N2O2S. The summed E-state index contributed by atoms with van der Waals surface area (Å²) in [5, 5.41) is 11.7. The van der Waals surface area contributed by atoms with Crippen molar-refractivity contribution in [1.29, 1.82) is 0 Å². The van der Waals surface area contributed by atoms with Crippen molar-refractivity contribution in [3.05, 3.63) is 35.7 Å². The molecule has 0 spiro atoms. The summed E-state index contributed by atoms with van der Waals surface area (Å²) >= 11 is 1.49. The molecule has 0 atom stereocenters. The largest absolute Gasteiger partial charge is 0.480 e. The average Bonchev–Trinajstić information content (AvgIpc) is 2.88. The number of carbonyl (C=O) groups is 1. The maximum absolute atomic E-state index is 10.9. The second-order valence-corrected chi connectivity index (χ2v) is 5.03. The van der Waals surface area contributed by atoms with Crippen LogP contribution in [0, 0.1) is 0 Å². The normalized spacial score (nSPS) is 10.4. The molecule has 0 amide bonds. The first kappa shape index (κ1) is 13.5. The number of anilines is 1. The Hall–Kier alpha value is -1.88. The van der Waals surface area contributed by atoms with Gasteiger partial charge >= 0.3 is 5.97 Å². The molecule has 0 aliphatic heterocycles. The third-order valence-electron chi connectivity index (χ3n) is 2.65. The SMILES string of the molecule is CCCN(CC(=O)O)c1nc(-c2ccccc2)cs1. The monoisotopic (exact) mass is 276 g/mol. The highest BCUT2D eigenvalue weighted by Gasteiger charge is 2.14. The van der Waals surface area contributed by atoms with Crippen LogP contribution >= 0.6 is 11.3 Å². The van der Waals surface area contributed by atoms with Crippen molar-refractivity contribution in [2.75, 3.05) is 18.0 Å². The van der Waals surface area contributed by atoms with Gasteiger partial charge in [0.05, 0.1) is 5.69 Å². The zero-order valence-corrected chi connectivity index (χ0v) is 11.6. The molecule has 5 heteroatoms. The van der Waals surface area contributed by atoms with Crippen molar-refractivity contribution in [1.82, 2.24) is 4.98 Å². The molecule has 1 aromatic carbocycles. The number of aliphatic carboxylic acids is 1. The number of carboxylic acids is 1. The van der Waals surface area contributed by atoms with Crippen LogP contribution in [0.25, 0.3) is 11.3 Å². The van der Waals surface area contributed by atoms with E-state index < -0.39 is 5.97 Å². The molecule has 1 heterocycles. The van der Waals surface area contributed by atoms with Gasteiger partial charge in [0.2, 0.25) is 0 Å². The molecule has 2 aromatic rings. The van der Waals surface area contributed by atoms with Crippen molar-refractivity contribution >= 4 is 22.4 Å². The highest BCUT2D eigenvalue weighted by atomic mass is 32.1. The van der Waals surface area contributed by atoms with Crippen molar-refractivity contribution in [3.8, 4) is 11.3 Å². The lowest BCUT2D eigenvalue weighted by Crippen LogP contribution is -2.30. The van der Waals surface area contributed by atoms with E-state index in [0.29, 0.717) is 6.54 Å². The molecule has 0 aliphatic rings. The van der Waals surface area contributed by atoms with Crippen molar-refractivity contribution < 1.29 is 9.90 Å². The van der Waals surface area contributed by atoms with Crippen LogP contribution < -0.4 is 4.90 Å². The highest BCUT2D eigenvalue weighted by Crippen LogP contribution is 2.27. The van der Waals surface area contributed by atoms with Gasteiger partial charge in [0.25, 0.3) is 0 Å². The third kappa shape index (κ3) is 3.54. The van der Waals surface area contributed by atoms with Crippen LogP contribution in [0.5, 0.6) is 0 Å². The van der Waals surface area contributed by atoms with Gasteiger partial charge in [-0.1, -0.05) is 37.3 Å². The maximum atomic E-state index is 10.9. The molecule has 0 bridgehead atoms. The third-order valence-corrected chi connectivity index (χ3v) is 3.55. The van der Waals surface area contributed by atoms with E-state index >= 15 is 0 Å². The molecule has 2 rings (SSSR count). The summed E-state index contributed by atoms with van der Waals surface area (Å²) < 4.78 is 0. The lowest BCUT2D eigenvalue weighted by molar-refractivity contribution is -0.135. The second kappa shape index (κ2) is 6.33. The Bertz CT molecular complexity index is 539. The Kier molecular flexibility index (Phi) is 4.52. The first-order chi connectivity index (χ1) is 9.20. The lowest BCUT2D eigenvalue weighted by Gasteiger charge is -2.18. The molecule has 0 saturated carbocycles. The molecule has 19 heavy (non-hydrogen) atoms. The minimum Gasteiger partial charge on any atom is -0.480 e. The van der Waals surface area contributed by atoms with E-state index in [-0.39, 0.29) is 6.54 Å². The Labute approximate surface area is 116 Å². The number of rotatable bonds is 6. The summed E-state index contributed by atoms with van der Waals surface area (Å²) in [7, 11) is 0. The quantitative estimate of drug-likeness (QED) is 0.880. The summed E-state index contributed by atoms with van der Waals surface area (Å²) in [5.41, 5.74) is 1.95. The summed E-state index contributed by atoms with van der Waals surface area (Å²) in [6, 6.07) is 9.90. The summed E-state index contributed by atoms with van der Waals surface area (Å²) in [6.07, 6.45) is 0.896. The molecular weight excluding hydrogens is 260 g/mol. The number of carboxylic acid groups (broad SMARTS) is 1. The standard InChI is InChI=1S/C14H16N2O2S/c1-2-8-16(9-13(17)18)14-15-12(10-19-14)11-6-4-3-5-7-11/h3-7,10H,2,8-9H2,1H3,(H,17,18). The van der Waals surface area contributed by atoms with Crippen LogP contribution in [0.3, 0.4) is 0 Å². The predicted octanol–water partition coefficient (Wildman–Crippen LogP) is 3.11. The van der Waals surface area contributed by atoms with Crippen LogP contribution in [-0.4, -0.2) is 29.1 Å². The topological polar surface area (TPSA) is 53.4 Å². The molecule has 1 aromatic heterocycles. The van der Waals surface area contributed by atoms with Gasteiger partial charge in [-0.2, -0.15) is 0 Å². The number of nitrogens with zero attached hydrogens (tertiary/aromatic N) is 2. The number of benzene rings is 1. The molecule has 100 valence electrons. The maximum Gasteiger partial charge on any atom is 0.323 e. The van der Waals surface area contributed by atoms with Gasteiger partial charge in [-0.15, -0.1) is 11.3 Å². The van der Waals surface area contributed by atoms with Crippen LogP contribution in [-0.2, 0) is 4.79 Å². The summed E-state index contributed by atoms with van der Waals surface area (Å²) in [5.74, 6) is -0.829. The van der Waals surface area contributed by atoms with Crippen LogP contribution in [0.15, 0.2) is 35.7 Å². The van der Waals surface area contributed by atoms with Gasteiger partial charge in [0, 0.05) is 17.5 Å². The fraction of sp³-hybridized carbons (Fsp3) is 0.286. The van der Waals surface area contributed by atoms with E-state index in [4.69, 9.17) is 5.11 Å². The average molecular weight is 276 g/mol. The van der Waals surface area contributed by atoms with Crippen LogP contribution in [0.4, 0.5) is 5.13 Å². The van der Waals surface area contributed by atoms with Crippen LogP contribution in [0.1, 0.15) is 13.3 Å². The molecule has 0 aliphatic carbocycles. The smallest absolute Gasteiger partial charge is 0.323 e. The van der Waals surface area contributed by atoms with E-state index in [1.165, 1.54) is 11.3 Å². The van der Waals surface area contributed by atoms with E-state index in [9.17, 15) is 4.79 Å². The first-order valence-corrected chi connectivity index (χ1v) is 7.06. The minimum atomic E-state index is -0.829. The van der Waals surface area contributed by atoms with Gasteiger partial charge in [0.1, 0.15) is 6.54 Å². The molecule has 0 saturated heterocycles. The van der Waals surface area contributed by atoms with Gasteiger partial charge < -0.3 is 10.0 Å². The van der Waals surface area contributed by atoms with Crippen LogP contribution in [0.2, 0.25) is 0 Å². The Morgan fingerprint density at radius 2 is 2.11 bits per heavy atom. The van der Waals surface area contributed by atoms with E-state index in [1.54, 1.807) is 4.90 Å². The van der Waals surface area contributed by atoms with Gasteiger partial charge in [-0.3, -0.25) is 4.79 Å². The molecule has 0 unspecified atom stereocenters. The minimum absolute atomic E-state index is 0.00438. The molecule has 1 N–H and O–H groups in total. The van der Waals surface area contributed by atoms with Crippen molar-refractivity contribution in [2.45, 2.75) is 13.3 Å². The summed E-state index contributed by atoms with van der Waals surface area (Å²) in [4.78, 5) is 17.2. The van der Waals surface area contributed by atoms with E-state index in [2.05, 4.69) is 4.98 Å². The Morgan fingerprint density at radius 1 is 1.37 bits per heavy atom. The zero-order chi connectivity index (χ0) is 13.7. The first-order valence-electron chi connectivity index (χ1n) is 6.18. The molecule has 4 nitrogen and oxygen atoms in total. The van der Waals surface area contributed by atoms with Crippen molar-refractivity contribution in [3.63, 3.8) is 0 Å². The van der Waals surface area contributed by atoms with Gasteiger partial charge in [0.15, 0.2) is 5.13 Å². The summed E-state index contributed by atoms with van der Waals surface area (Å²) in [6.45, 7) is 2.73. The Morgan fingerprint density at radius 3 is 2.74 bits per heavy atom. The number of aromatic nitrogens is 1. The van der Waals surface area contributed by atoms with Gasteiger partial charge in [-0.05, 0) is 6.42 Å². The number of hydrogen-bond donors (Lipinski definition) is 1. The fourth-order valence-electron chi connectivity index (χ4n) is 1.83. The van der Waals surface area contributed by atoms with Gasteiger partial charge in [-0.25, -0.2) is 4.98 Å². The Balaban J connectivity index is 2.21. The predicted molar refractivity (Wildman–Crippen MR) is 77.7 cm³/mol. The number of hydrogen-bond acceptors (Lipinski definition) is 4. The fourth-order valence-corrected chi connectivity index (χ4v) is 2.69. The van der Waals surface area contributed by atoms with Crippen molar-refractivity contribution in [2.24, 2.45) is 0 Å². The lowest BCUT2D eigenvalue weighted by atomic mass is 10.2. The highest BCUT2D eigenvalue weighted by molar-refractivity contribution is 7.14. The number of thiazole rings is 1. The molecule has 0 fully saturated rings. The second-order valence-electron chi connectivity index (χ2n) is 4.20. The van der Waals surface area contributed by atoms with E-state index in [1.807, 2.05) is 42.6 Å².